The van der Waals surface area contributed by atoms with Crippen molar-refractivity contribution >= 4 is 34.4 Å². The SMILES string of the molecule is O=C(OCc1cc(=O)oc2cc3c(cc12)CCC3)c1cccc(N2C(=O)CCC2=O)c1. The predicted octanol–water partition coefficient (Wildman–Crippen LogP) is 3.29. The van der Waals surface area contributed by atoms with Crippen molar-refractivity contribution in [2.45, 2.75) is 38.7 Å². The largest absolute Gasteiger partial charge is 0.457 e. The number of carbonyl (C=O) groups excluding carboxylic acids is 3. The predicted molar refractivity (Wildman–Crippen MR) is 112 cm³/mol. The van der Waals surface area contributed by atoms with Gasteiger partial charge in [0.25, 0.3) is 0 Å². The Morgan fingerprint density at radius 3 is 2.45 bits per heavy atom. The molecule has 3 aromatic rings. The maximum Gasteiger partial charge on any atom is 0.338 e. The van der Waals surface area contributed by atoms with Gasteiger partial charge in [-0.05, 0) is 60.7 Å². The van der Waals surface area contributed by atoms with E-state index in [9.17, 15) is 19.2 Å². The van der Waals surface area contributed by atoms with Crippen molar-refractivity contribution in [3.63, 3.8) is 0 Å². The van der Waals surface area contributed by atoms with E-state index in [4.69, 9.17) is 9.15 Å². The first kappa shape index (κ1) is 19.2. The molecular formula is C24H19NO6. The molecule has 1 saturated heterocycles. The van der Waals surface area contributed by atoms with Crippen LogP contribution in [0.5, 0.6) is 0 Å². The Morgan fingerprint density at radius 2 is 1.68 bits per heavy atom. The lowest BCUT2D eigenvalue weighted by atomic mass is 10.0. The summed E-state index contributed by atoms with van der Waals surface area (Å²) in [4.78, 5) is 49.7. The molecule has 0 N–H and O–H groups in total. The standard InChI is InChI=1S/C24H19NO6/c26-21-7-8-22(27)25(21)18-6-2-5-16(9-18)24(29)30-13-17-12-23(28)31-20-11-15-4-1-3-14(15)10-19(17)20/h2,5-6,9-12H,1,3-4,7-8,13H2. The van der Waals surface area contributed by atoms with Gasteiger partial charge in [-0.15, -0.1) is 0 Å². The van der Waals surface area contributed by atoms with Gasteiger partial charge in [-0.1, -0.05) is 6.07 Å². The third-order valence-corrected chi connectivity index (χ3v) is 5.79. The second kappa shape index (κ2) is 7.50. The van der Waals surface area contributed by atoms with E-state index in [1.165, 1.54) is 23.3 Å². The normalized spacial score (nSPS) is 15.5. The van der Waals surface area contributed by atoms with E-state index in [1.54, 1.807) is 18.2 Å². The number of nitrogens with zero attached hydrogens (tertiary/aromatic N) is 1. The number of benzene rings is 2. The molecule has 2 aliphatic rings. The highest BCUT2D eigenvalue weighted by molar-refractivity contribution is 6.20. The van der Waals surface area contributed by atoms with Crippen molar-refractivity contribution in [1.82, 2.24) is 0 Å². The monoisotopic (exact) mass is 417 g/mol. The number of ether oxygens (including phenoxy) is 1. The summed E-state index contributed by atoms with van der Waals surface area (Å²) in [7, 11) is 0. The molecule has 156 valence electrons. The van der Waals surface area contributed by atoms with Gasteiger partial charge in [0.2, 0.25) is 11.8 Å². The molecule has 2 heterocycles. The highest BCUT2D eigenvalue weighted by Gasteiger charge is 2.30. The van der Waals surface area contributed by atoms with E-state index >= 15 is 0 Å². The number of anilines is 1. The third kappa shape index (κ3) is 3.52. The fraction of sp³-hybridized carbons (Fsp3) is 0.250. The van der Waals surface area contributed by atoms with Crippen molar-refractivity contribution in [1.29, 1.82) is 0 Å². The van der Waals surface area contributed by atoms with Crippen LogP contribution in [0.3, 0.4) is 0 Å². The van der Waals surface area contributed by atoms with Crippen LogP contribution in [0.2, 0.25) is 0 Å². The van der Waals surface area contributed by atoms with Crippen molar-refractivity contribution in [3.8, 4) is 0 Å². The van der Waals surface area contributed by atoms with Gasteiger partial charge in [0.05, 0.1) is 11.3 Å². The van der Waals surface area contributed by atoms with E-state index < -0.39 is 11.6 Å². The first-order chi connectivity index (χ1) is 15.0. The van der Waals surface area contributed by atoms with Crippen molar-refractivity contribution in [3.05, 3.63) is 75.1 Å². The molecule has 1 aliphatic carbocycles. The van der Waals surface area contributed by atoms with Crippen LogP contribution in [0.25, 0.3) is 11.0 Å². The van der Waals surface area contributed by atoms with Gasteiger partial charge in [-0.25, -0.2) is 9.59 Å². The second-order valence-electron chi connectivity index (χ2n) is 7.81. The fourth-order valence-corrected chi connectivity index (χ4v) is 4.28. The van der Waals surface area contributed by atoms with E-state index in [-0.39, 0.29) is 36.8 Å². The molecule has 2 aromatic carbocycles. The number of imide groups is 1. The molecule has 0 unspecified atom stereocenters. The Balaban J connectivity index is 1.39. The zero-order valence-corrected chi connectivity index (χ0v) is 16.7. The summed E-state index contributed by atoms with van der Waals surface area (Å²) in [6, 6.07) is 11.5. The Kier molecular flexibility index (Phi) is 4.66. The van der Waals surface area contributed by atoms with Crippen LogP contribution in [-0.2, 0) is 33.8 Å². The van der Waals surface area contributed by atoms with Gasteiger partial charge in [0, 0.05) is 29.9 Å². The molecular weight excluding hydrogens is 398 g/mol. The molecule has 1 fully saturated rings. The van der Waals surface area contributed by atoms with Gasteiger partial charge in [0.15, 0.2) is 0 Å². The van der Waals surface area contributed by atoms with E-state index in [0.717, 1.165) is 29.5 Å². The number of esters is 1. The van der Waals surface area contributed by atoms with Gasteiger partial charge in [-0.2, -0.15) is 0 Å². The molecule has 1 aromatic heterocycles. The summed E-state index contributed by atoms with van der Waals surface area (Å²) in [6.45, 7) is -0.0917. The molecule has 5 rings (SSSR count). The molecule has 1 aliphatic heterocycles. The molecule has 0 saturated carbocycles. The minimum absolute atomic E-state index is 0.0917. The summed E-state index contributed by atoms with van der Waals surface area (Å²) < 4.78 is 10.8. The summed E-state index contributed by atoms with van der Waals surface area (Å²) in [5, 5.41) is 0.759. The Hall–Kier alpha value is -3.74. The highest BCUT2D eigenvalue weighted by Crippen LogP contribution is 2.29. The van der Waals surface area contributed by atoms with E-state index in [0.29, 0.717) is 16.8 Å². The Morgan fingerprint density at radius 1 is 0.935 bits per heavy atom. The zero-order valence-electron chi connectivity index (χ0n) is 16.7. The molecule has 31 heavy (non-hydrogen) atoms. The maximum absolute atomic E-state index is 12.6. The summed E-state index contributed by atoms with van der Waals surface area (Å²) in [5.41, 5.74) is 3.56. The van der Waals surface area contributed by atoms with Gasteiger partial charge in [-0.3, -0.25) is 14.5 Å². The molecule has 0 spiro atoms. The number of carbonyl (C=O) groups is 3. The van der Waals surface area contributed by atoms with Crippen LogP contribution in [0, 0.1) is 0 Å². The maximum atomic E-state index is 12.6. The number of hydrogen-bond acceptors (Lipinski definition) is 6. The average Bonchev–Trinajstić information content (AvgIpc) is 3.35. The van der Waals surface area contributed by atoms with Crippen LogP contribution in [0.1, 0.15) is 46.3 Å². The summed E-state index contributed by atoms with van der Waals surface area (Å²) in [6.07, 6.45) is 3.34. The molecule has 7 heteroatoms. The number of fused-ring (bicyclic) bond motifs is 2. The first-order valence-electron chi connectivity index (χ1n) is 10.2. The Labute approximate surface area is 177 Å². The van der Waals surface area contributed by atoms with E-state index in [2.05, 4.69) is 0 Å². The van der Waals surface area contributed by atoms with Crippen LogP contribution in [0.4, 0.5) is 5.69 Å². The average molecular weight is 417 g/mol. The molecule has 0 radical (unpaired) electrons. The van der Waals surface area contributed by atoms with Crippen LogP contribution in [-0.4, -0.2) is 17.8 Å². The molecule has 7 nitrogen and oxygen atoms in total. The highest BCUT2D eigenvalue weighted by atomic mass is 16.5. The lowest BCUT2D eigenvalue weighted by Crippen LogP contribution is -2.28. The molecule has 0 bridgehead atoms. The van der Waals surface area contributed by atoms with Gasteiger partial charge in [0.1, 0.15) is 12.2 Å². The summed E-state index contributed by atoms with van der Waals surface area (Å²) in [5.74, 6) is -1.18. The number of amides is 2. The fourth-order valence-electron chi connectivity index (χ4n) is 4.28. The quantitative estimate of drug-likeness (QED) is 0.367. The Bertz CT molecular complexity index is 1290. The minimum atomic E-state index is -0.608. The zero-order chi connectivity index (χ0) is 21.5. The van der Waals surface area contributed by atoms with Crippen molar-refractivity contribution < 1.29 is 23.5 Å². The van der Waals surface area contributed by atoms with E-state index in [1.807, 2.05) is 12.1 Å². The van der Waals surface area contributed by atoms with Crippen LogP contribution in [0.15, 0.2) is 51.7 Å². The first-order valence-corrected chi connectivity index (χ1v) is 10.2. The number of hydrogen-bond donors (Lipinski definition) is 0. The van der Waals surface area contributed by atoms with Gasteiger partial charge >= 0.3 is 11.6 Å². The molecule has 0 atom stereocenters. The van der Waals surface area contributed by atoms with Crippen LogP contribution >= 0.6 is 0 Å². The van der Waals surface area contributed by atoms with Crippen LogP contribution < -0.4 is 10.5 Å². The number of rotatable bonds is 4. The smallest absolute Gasteiger partial charge is 0.338 e. The summed E-state index contributed by atoms with van der Waals surface area (Å²) >= 11 is 0. The molecule has 2 amide bonds. The lowest BCUT2D eigenvalue weighted by Gasteiger charge is -2.14. The second-order valence-corrected chi connectivity index (χ2v) is 7.81. The van der Waals surface area contributed by atoms with Crippen molar-refractivity contribution in [2.75, 3.05) is 4.90 Å². The third-order valence-electron chi connectivity index (χ3n) is 5.79. The van der Waals surface area contributed by atoms with Crippen molar-refractivity contribution in [2.24, 2.45) is 0 Å². The minimum Gasteiger partial charge on any atom is -0.457 e. The topological polar surface area (TPSA) is 93.9 Å². The number of aryl methyl sites for hydroxylation is 2. The lowest BCUT2D eigenvalue weighted by molar-refractivity contribution is -0.121. The van der Waals surface area contributed by atoms with Gasteiger partial charge < -0.3 is 9.15 Å².